The molecule has 0 unspecified atom stereocenters. The topological polar surface area (TPSA) is 66.9 Å². The zero-order valence-electron chi connectivity index (χ0n) is 14.7. The van der Waals surface area contributed by atoms with Crippen molar-refractivity contribution in [3.8, 4) is 5.75 Å². The summed E-state index contributed by atoms with van der Waals surface area (Å²) < 4.78 is 5.67. The van der Waals surface area contributed by atoms with E-state index in [1.807, 2.05) is 30.4 Å². The van der Waals surface area contributed by atoms with Crippen molar-refractivity contribution >= 4 is 17.7 Å². The van der Waals surface area contributed by atoms with Gasteiger partial charge in [-0.1, -0.05) is 30.4 Å². The number of rotatable bonds is 4. The van der Waals surface area contributed by atoms with Gasteiger partial charge in [0.05, 0.1) is 17.9 Å². The van der Waals surface area contributed by atoms with Crippen LogP contribution in [-0.2, 0) is 14.4 Å². The Balaban J connectivity index is 1.34. The van der Waals surface area contributed by atoms with Gasteiger partial charge >= 0.3 is 0 Å². The minimum Gasteiger partial charge on any atom is -0.481 e. The first-order valence-electron chi connectivity index (χ1n) is 9.08. The summed E-state index contributed by atoms with van der Waals surface area (Å²) in [5.41, 5.74) is 0. The molecule has 4 rings (SSSR count). The van der Waals surface area contributed by atoms with Gasteiger partial charge < -0.3 is 9.64 Å². The molecule has 0 radical (unpaired) electrons. The van der Waals surface area contributed by atoms with Gasteiger partial charge in [0, 0.05) is 13.1 Å². The number of benzene rings is 1. The normalized spacial score (nSPS) is 26.5. The number of carbonyl (C=O) groups excluding carboxylic acids is 3. The van der Waals surface area contributed by atoms with Crippen molar-refractivity contribution in [2.24, 2.45) is 11.8 Å². The van der Waals surface area contributed by atoms with Gasteiger partial charge in [-0.3, -0.25) is 19.3 Å². The molecule has 136 valence electrons. The quantitative estimate of drug-likeness (QED) is 0.609. The van der Waals surface area contributed by atoms with Gasteiger partial charge in [-0.25, -0.2) is 0 Å². The molecule has 0 aromatic heterocycles. The van der Waals surface area contributed by atoms with Crippen LogP contribution in [0.2, 0.25) is 0 Å². The van der Waals surface area contributed by atoms with Crippen LogP contribution in [-0.4, -0.2) is 52.8 Å². The van der Waals surface area contributed by atoms with Crippen LogP contribution in [0, 0.1) is 11.8 Å². The molecule has 0 spiro atoms. The number of likely N-dealkylation sites (tertiary alicyclic amines) is 2. The molecule has 1 aromatic carbocycles. The zero-order chi connectivity index (χ0) is 18.3. The van der Waals surface area contributed by atoms with Gasteiger partial charge in [0.1, 0.15) is 5.75 Å². The number of fused-ring (bicyclic) bond motifs is 1. The Kier molecular flexibility index (Phi) is 4.26. The summed E-state index contributed by atoms with van der Waals surface area (Å²) in [5.74, 6) is -0.0459. The van der Waals surface area contributed by atoms with Gasteiger partial charge in [0.25, 0.3) is 5.91 Å². The lowest BCUT2D eigenvalue weighted by molar-refractivity contribution is -0.155. The first kappa shape index (κ1) is 16.8. The van der Waals surface area contributed by atoms with E-state index in [0.29, 0.717) is 31.7 Å². The Labute approximate surface area is 152 Å². The van der Waals surface area contributed by atoms with Crippen LogP contribution in [0.15, 0.2) is 42.5 Å². The summed E-state index contributed by atoms with van der Waals surface area (Å²) in [6.07, 6.45) is 4.64. The average Bonchev–Trinajstić information content (AvgIpc) is 2.87. The highest BCUT2D eigenvalue weighted by Gasteiger charge is 2.52. The third-order valence-electron chi connectivity index (χ3n) is 5.48. The number of hydrogen-bond acceptors (Lipinski definition) is 4. The molecule has 0 saturated carbocycles. The molecule has 3 amide bonds. The maximum absolute atomic E-state index is 12.6. The van der Waals surface area contributed by atoms with E-state index in [-0.39, 0.29) is 35.6 Å². The van der Waals surface area contributed by atoms with Crippen molar-refractivity contribution in [2.75, 3.05) is 13.1 Å². The highest BCUT2D eigenvalue weighted by atomic mass is 16.5. The van der Waals surface area contributed by atoms with E-state index >= 15 is 0 Å². The highest BCUT2D eigenvalue weighted by molar-refractivity contribution is 6.06. The molecule has 3 aliphatic rings. The molecule has 2 saturated heterocycles. The van der Waals surface area contributed by atoms with Crippen molar-refractivity contribution in [3.05, 3.63) is 42.5 Å². The van der Waals surface area contributed by atoms with E-state index in [2.05, 4.69) is 0 Å². The molecule has 0 N–H and O–H groups in total. The summed E-state index contributed by atoms with van der Waals surface area (Å²) in [6, 6.07) is 9.00. The minimum atomic E-state index is -0.602. The van der Waals surface area contributed by atoms with Crippen LogP contribution < -0.4 is 4.74 Å². The number of nitrogens with zero attached hydrogens (tertiary/aromatic N) is 2. The van der Waals surface area contributed by atoms with Crippen LogP contribution >= 0.6 is 0 Å². The van der Waals surface area contributed by atoms with Gasteiger partial charge in [-0.2, -0.15) is 0 Å². The summed E-state index contributed by atoms with van der Waals surface area (Å²) in [6.45, 7) is 2.51. The third-order valence-corrected chi connectivity index (χ3v) is 5.48. The molecule has 2 heterocycles. The van der Waals surface area contributed by atoms with Crippen molar-refractivity contribution in [3.63, 3.8) is 0 Å². The van der Waals surface area contributed by atoms with Crippen molar-refractivity contribution in [1.29, 1.82) is 0 Å². The maximum Gasteiger partial charge on any atom is 0.263 e. The molecule has 3 atom stereocenters. The second-order valence-corrected chi connectivity index (χ2v) is 7.17. The lowest BCUT2D eigenvalue weighted by Crippen LogP contribution is -2.64. The first-order chi connectivity index (χ1) is 12.6. The fourth-order valence-electron chi connectivity index (χ4n) is 4.00. The van der Waals surface area contributed by atoms with Gasteiger partial charge in [-0.15, -0.1) is 0 Å². The fraction of sp³-hybridized carbons (Fsp3) is 0.450. The SMILES string of the molecule is C[C@H](Oc1ccccc1)C(=O)N1CC(N2C(=O)[C@H]3CC=CC[C@@H]3C2=O)C1. The number of hydrogen-bond donors (Lipinski definition) is 0. The first-order valence-corrected chi connectivity index (χ1v) is 9.08. The lowest BCUT2D eigenvalue weighted by Gasteiger charge is -2.43. The smallest absolute Gasteiger partial charge is 0.263 e. The van der Waals surface area contributed by atoms with Crippen molar-refractivity contribution < 1.29 is 19.1 Å². The molecule has 26 heavy (non-hydrogen) atoms. The molecule has 0 bridgehead atoms. The van der Waals surface area contributed by atoms with Crippen molar-refractivity contribution in [1.82, 2.24) is 9.80 Å². The Morgan fingerprint density at radius 1 is 1.04 bits per heavy atom. The second kappa shape index (κ2) is 6.59. The van der Waals surface area contributed by atoms with E-state index in [9.17, 15) is 14.4 Å². The molecule has 1 aliphatic carbocycles. The molecule has 6 heteroatoms. The van der Waals surface area contributed by atoms with Crippen LogP contribution in [0.5, 0.6) is 5.75 Å². The summed E-state index contributed by atoms with van der Waals surface area (Å²) in [5, 5.41) is 0. The third kappa shape index (κ3) is 2.79. The number of amides is 3. The Bertz CT molecular complexity index is 728. The van der Waals surface area contributed by atoms with Crippen LogP contribution in [0.1, 0.15) is 19.8 Å². The number of carbonyl (C=O) groups is 3. The number of para-hydroxylation sites is 1. The monoisotopic (exact) mass is 354 g/mol. The Morgan fingerprint density at radius 2 is 1.62 bits per heavy atom. The van der Waals surface area contributed by atoms with E-state index in [1.165, 1.54) is 4.90 Å². The number of imide groups is 1. The summed E-state index contributed by atoms with van der Waals surface area (Å²) in [4.78, 5) is 40.7. The van der Waals surface area contributed by atoms with Crippen LogP contribution in [0.3, 0.4) is 0 Å². The Morgan fingerprint density at radius 3 is 2.19 bits per heavy atom. The molecule has 1 aromatic rings. The van der Waals surface area contributed by atoms with E-state index in [0.717, 1.165) is 0 Å². The van der Waals surface area contributed by atoms with Gasteiger partial charge in [0.2, 0.25) is 11.8 Å². The van der Waals surface area contributed by atoms with Crippen molar-refractivity contribution in [2.45, 2.75) is 31.9 Å². The molecular formula is C20H22N2O4. The van der Waals surface area contributed by atoms with Crippen LogP contribution in [0.4, 0.5) is 0 Å². The largest absolute Gasteiger partial charge is 0.481 e. The summed E-state index contributed by atoms with van der Waals surface area (Å²) in [7, 11) is 0. The molecule has 2 fully saturated rings. The van der Waals surface area contributed by atoms with E-state index in [1.54, 1.807) is 24.0 Å². The summed E-state index contributed by atoms with van der Waals surface area (Å²) >= 11 is 0. The van der Waals surface area contributed by atoms with E-state index < -0.39 is 6.10 Å². The molecule has 2 aliphatic heterocycles. The molecular weight excluding hydrogens is 332 g/mol. The minimum absolute atomic E-state index is 0.0740. The number of ether oxygens (including phenoxy) is 1. The van der Waals surface area contributed by atoms with E-state index in [4.69, 9.17) is 4.74 Å². The predicted octanol–water partition coefficient (Wildman–Crippen LogP) is 1.62. The predicted molar refractivity (Wildman–Crippen MR) is 94.1 cm³/mol. The zero-order valence-corrected chi connectivity index (χ0v) is 14.7. The maximum atomic E-state index is 12.6. The van der Waals surface area contributed by atoms with Gasteiger partial charge in [-0.05, 0) is 31.9 Å². The highest BCUT2D eigenvalue weighted by Crippen LogP contribution is 2.37. The lowest BCUT2D eigenvalue weighted by atomic mass is 9.85. The Hall–Kier alpha value is -2.63. The molecule has 6 nitrogen and oxygen atoms in total. The standard InChI is InChI=1S/C20H22N2O4/c1-13(26-15-7-3-2-4-8-15)18(23)21-11-14(12-21)22-19(24)16-9-5-6-10-17(16)20(22)25/h2-8,13-14,16-17H,9-12H2,1H3/t13-,16-,17-/m0/s1. The second-order valence-electron chi connectivity index (χ2n) is 7.17. The van der Waals surface area contributed by atoms with Gasteiger partial charge in [0.15, 0.2) is 6.10 Å². The number of allylic oxidation sites excluding steroid dienone is 2. The fourth-order valence-corrected chi connectivity index (χ4v) is 4.00. The van der Waals surface area contributed by atoms with Crippen LogP contribution in [0.25, 0.3) is 0 Å². The average molecular weight is 354 g/mol.